The van der Waals surface area contributed by atoms with Crippen LogP contribution in [0.25, 0.3) is 16.8 Å². The topological polar surface area (TPSA) is 29.1 Å². The summed E-state index contributed by atoms with van der Waals surface area (Å²) in [4.78, 5) is 12.2. The van der Waals surface area contributed by atoms with Crippen LogP contribution in [0.1, 0.15) is 5.56 Å². The lowest BCUT2D eigenvalue weighted by molar-refractivity contribution is -0.112. The number of carbonyl (C=O) groups is 1. The number of halogens is 1. The van der Waals surface area contributed by atoms with Crippen molar-refractivity contribution in [3.8, 4) is 0 Å². The third kappa shape index (κ3) is 3.18. The Hall–Kier alpha value is -2.58. The molecule has 3 aromatic rings. The van der Waals surface area contributed by atoms with E-state index in [2.05, 4.69) is 5.32 Å². The Labute approximate surface area is 134 Å². The first-order chi connectivity index (χ1) is 10.7. The highest BCUT2D eigenvalue weighted by Gasteiger charge is 2.09. The average Bonchev–Trinajstić information content (AvgIpc) is 2.56. The van der Waals surface area contributed by atoms with Crippen LogP contribution < -0.4 is 5.32 Å². The second kappa shape index (κ2) is 6.46. The first-order valence-electron chi connectivity index (χ1n) is 6.95. The van der Waals surface area contributed by atoms with E-state index in [9.17, 15) is 4.79 Å². The van der Waals surface area contributed by atoms with Crippen LogP contribution in [-0.2, 0) is 4.79 Å². The number of fused-ring (bicyclic) bond motifs is 1. The van der Waals surface area contributed by atoms with Gasteiger partial charge in [-0.1, -0.05) is 78.3 Å². The van der Waals surface area contributed by atoms with Gasteiger partial charge >= 0.3 is 0 Å². The zero-order chi connectivity index (χ0) is 15.4. The lowest BCUT2D eigenvalue weighted by Crippen LogP contribution is -2.11. The summed E-state index contributed by atoms with van der Waals surface area (Å²) >= 11 is 6.12. The molecule has 22 heavy (non-hydrogen) atoms. The summed E-state index contributed by atoms with van der Waals surface area (Å²) < 4.78 is 0. The van der Waals surface area contributed by atoms with Crippen LogP contribution in [0.5, 0.6) is 0 Å². The fourth-order valence-electron chi connectivity index (χ4n) is 2.28. The second-order valence-corrected chi connectivity index (χ2v) is 5.29. The zero-order valence-corrected chi connectivity index (χ0v) is 12.5. The molecule has 0 radical (unpaired) electrons. The molecule has 3 rings (SSSR count). The highest BCUT2D eigenvalue weighted by molar-refractivity contribution is 6.46. The molecule has 0 bridgehead atoms. The number of benzene rings is 3. The van der Waals surface area contributed by atoms with Gasteiger partial charge in [-0.25, -0.2) is 0 Å². The zero-order valence-electron chi connectivity index (χ0n) is 11.8. The number of amides is 1. The van der Waals surface area contributed by atoms with E-state index >= 15 is 0 Å². The van der Waals surface area contributed by atoms with E-state index in [-0.39, 0.29) is 10.9 Å². The molecule has 0 atom stereocenters. The van der Waals surface area contributed by atoms with Crippen LogP contribution >= 0.6 is 11.6 Å². The lowest BCUT2D eigenvalue weighted by Gasteiger charge is -2.08. The van der Waals surface area contributed by atoms with Gasteiger partial charge < -0.3 is 5.32 Å². The molecule has 0 unspecified atom stereocenters. The molecule has 0 saturated carbocycles. The summed E-state index contributed by atoms with van der Waals surface area (Å²) in [7, 11) is 0. The minimum absolute atomic E-state index is 0.152. The van der Waals surface area contributed by atoms with Crippen LogP contribution in [0, 0.1) is 0 Å². The fourth-order valence-corrected chi connectivity index (χ4v) is 2.45. The monoisotopic (exact) mass is 307 g/mol. The quantitative estimate of drug-likeness (QED) is 0.673. The van der Waals surface area contributed by atoms with Gasteiger partial charge in [0.2, 0.25) is 0 Å². The third-order valence-electron chi connectivity index (χ3n) is 3.35. The molecule has 0 aromatic heterocycles. The van der Waals surface area contributed by atoms with E-state index in [1.807, 2.05) is 72.8 Å². The van der Waals surface area contributed by atoms with E-state index in [1.54, 1.807) is 6.08 Å². The van der Waals surface area contributed by atoms with E-state index in [0.29, 0.717) is 0 Å². The molecular weight excluding hydrogens is 294 g/mol. The first-order valence-corrected chi connectivity index (χ1v) is 7.33. The summed E-state index contributed by atoms with van der Waals surface area (Å²) in [6.07, 6.45) is 1.65. The van der Waals surface area contributed by atoms with Crippen LogP contribution in [0.15, 0.2) is 77.8 Å². The SMILES string of the molecule is O=C(Nc1cccc2ccccc12)/C(Cl)=C\c1ccccc1. The van der Waals surface area contributed by atoms with E-state index in [4.69, 9.17) is 11.6 Å². The van der Waals surface area contributed by atoms with Gasteiger partial charge in [-0.05, 0) is 23.1 Å². The van der Waals surface area contributed by atoms with Crippen LogP contribution in [0.3, 0.4) is 0 Å². The van der Waals surface area contributed by atoms with E-state index < -0.39 is 0 Å². The van der Waals surface area contributed by atoms with E-state index in [0.717, 1.165) is 22.0 Å². The Morgan fingerprint density at radius 2 is 1.55 bits per heavy atom. The normalized spacial score (nSPS) is 11.4. The largest absolute Gasteiger partial charge is 0.321 e. The molecule has 2 nitrogen and oxygen atoms in total. The van der Waals surface area contributed by atoms with Crippen molar-refractivity contribution in [3.63, 3.8) is 0 Å². The maximum atomic E-state index is 12.2. The summed E-state index contributed by atoms with van der Waals surface area (Å²) in [5, 5.41) is 5.08. The summed E-state index contributed by atoms with van der Waals surface area (Å²) in [5.41, 5.74) is 1.64. The molecule has 108 valence electrons. The molecule has 3 heteroatoms. The highest BCUT2D eigenvalue weighted by Crippen LogP contribution is 2.24. The van der Waals surface area contributed by atoms with Gasteiger partial charge in [0.1, 0.15) is 5.03 Å². The molecular formula is C19H14ClNO. The van der Waals surface area contributed by atoms with Gasteiger partial charge in [-0.3, -0.25) is 4.79 Å². The first kappa shape index (κ1) is 14.4. The number of anilines is 1. The highest BCUT2D eigenvalue weighted by atomic mass is 35.5. The summed E-state index contributed by atoms with van der Waals surface area (Å²) in [6.45, 7) is 0. The number of hydrogen-bond donors (Lipinski definition) is 1. The third-order valence-corrected chi connectivity index (χ3v) is 3.63. The van der Waals surface area contributed by atoms with Crippen molar-refractivity contribution in [2.45, 2.75) is 0 Å². The Bertz CT molecular complexity index is 835. The maximum Gasteiger partial charge on any atom is 0.267 e. The summed E-state index contributed by atoms with van der Waals surface area (Å²) in [5.74, 6) is -0.318. The Morgan fingerprint density at radius 3 is 2.36 bits per heavy atom. The number of carbonyl (C=O) groups excluding carboxylic acids is 1. The predicted octanol–water partition coefficient (Wildman–Crippen LogP) is 5.06. The van der Waals surface area contributed by atoms with Crippen molar-refractivity contribution >= 4 is 40.0 Å². The molecule has 0 spiro atoms. The van der Waals surface area contributed by atoms with Crippen LogP contribution in [-0.4, -0.2) is 5.91 Å². The molecule has 0 aliphatic rings. The molecule has 0 aliphatic carbocycles. The molecule has 0 heterocycles. The van der Waals surface area contributed by atoms with Gasteiger partial charge in [0.25, 0.3) is 5.91 Å². The molecule has 0 saturated heterocycles. The van der Waals surface area contributed by atoms with Gasteiger partial charge in [-0.15, -0.1) is 0 Å². The van der Waals surface area contributed by atoms with E-state index in [1.165, 1.54) is 0 Å². The molecule has 3 aromatic carbocycles. The van der Waals surface area contributed by atoms with Crippen LogP contribution in [0.2, 0.25) is 0 Å². The Kier molecular flexibility index (Phi) is 4.22. The standard InChI is InChI=1S/C19H14ClNO/c20-17(13-14-7-2-1-3-8-14)19(22)21-18-12-6-10-15-9-4-5-11-16(15)18/h1-13H,(H,21,22)/b17-13+. The van der Waals surface area contributed by atoms with Crippen molar-refractivity contribution in [2.24, 2.45) is 0 Å². The van der Waals surface area contributed by atoms with Crippen molar-refractivity contribution in [2.75, 3.05) is 5.32 Å². The van der Waals surface area contributed by atoms with Gasteiger partial charge in [0, 0.05) is 11.1 Å². The van der Waals surface area contributed by atoms with Crippen molar-refractivity contribution in [3.05, 3.63) is 83.4 Å². The molecule has 0 aliphatic heterocycles. The molecule has 1 N–H and O–H groups in total. The van der Waals surface area contributed by atoms with Gasteiger partial charge in [0.05, 0.1) is 0 Å². The average molecular weight is 308 g/mol. The number of hydrogen-bond acceptors (Lipinski definition) is 1. The number of nitrogens with one attached hydrogen (secondary N) is 1. The van der Waals surface area contributed by atoms with Gasteiger partial charge in [-0.2, -0.15) is 0 Å². The summed E-state index contributed by atoms with van der Waals surface area (Å²) in [6, 6.07) is 23.2. The maximum absolute atomic E-state index is 12.2. The fraction of sp³-hybridized carbons (Fsp3) is 0. The molecule has 0 fully saturated rings. The van der Waals surface area contributed by atoms with Crippen molar-refractivity contribution in [1.82, 2.24) is 0 Å². The second-order valence-electron chi connectivity index (χ2n) is 4.88. The van der Waals surface area contributed by atoms with Crippen LogP contribution in [0.4, 0.5) is 5.69 Å². The minimum Gasteiger partial charge on any atom is -0.321 e. The molecule has 1 amide bonds. The van der Waals surface area contributed by atoms with Crippen molar-refractivity contribution in [1.29, 1.82) is 0 Å². The predicted molar refractivity (Wildman–Crippen MR) is 92.8 cm³/mol. The number of rotatable bonds is 3. The lowest BCUT2D eigenvalue weighted by atomic mass is 10.1. The minimum atomic E-state index is -0.318. The van der Waals surface area contributed by atoms with Gasteiger partial charge in [0.15, 0.2) is 0 Å². The van der Waals surface area contributed by atoms with Crippen molar-refractivity contribution < 1.29 is 4.79 Å². The Balaban J connectivity index is 1.86. The Morgan fingerprint density at radius 1 is 0.864 bits per heavy atom. The smallest absolute Gasteiger partial charge is 0.267 e.